The summed E-state index contributed by atoms with van der Waals surface area (Å²) in [6, 6.07) is 27.7. The molecule has 13 nitrogen and oxygen atoms in total. The number of hydrogen-bond acceptors (Lipinski definition) is 11. The number of rotatable bonds is 8. The number of carbonyl (C=O) groups is 1. The lowest BCUT2D eigenvalue weighted by molar-refractivity contribution is -0.136. The molecule has 16 heteroatoms. The van der Waals surface area contributed by atoms with E-state index in [0.29, 0.717) is 55.3 Å². The van der Waals surface area contributed by atoms with Crippen LogP contribution in [0.3, 0.4) is 0 Å². The van der Waals surface area contributed by atoms with Crippen LogP contribution in [0.2, 0.25) is 10.3 Å². The van der Waals surface area contributed by atoms with Crippen molar-refractivity contribution in [2.24, 2.45) is 0 Å². The summed E-state index contributed by atoms with van der Waals surface area (Å²) in [6.07, 6.45) is -0.167. The number of fused-ring (bicyclic) bond motifs is 3. The fourth-order valence-corrected chi connectivity index (χ4v) is 5.78. The van der Waals surface area contributed by atoms with Gasteiger partial charge in [-0.3, -0.25) is 9.59 Å². The number of ether oxygens (including phenoxy) is 6. The number of pyridine rings is 3. The Morgan fingerprint density at radius 1 is 0.672 bits per heavy atom. The average molecular weight is 832 g/mol. The van der Waals surface area contributed by atoms with Crippen molar-refractivity contribution in [2.75, 3.05) is 42.7 Å². The van der Waals surface area contributed by atoms with Gasteiger partial charge < -0.3 is 38.5 Å². The van der Waals surface area contributed by atoms with Crippen LogP contribution in [0.5, 0.6) is 34.8 Å². The fraction of sp³-hybridized carbons (Fsp3) is 0.167. The van der Waals surface area contributed by atoms with E-state index in [2.05, 4.69) is 15.0 Å². The molecule has 0 atom stereocenters. The number of nitriles is 1. The minimum Gasteiger partial charge on any atom is -0.497 e. The zero-order chi connectivity index (χ0) is 42.4. The molecule has 0 radical (unpaired) electrons. The van der Waals surface area contributed by atoms with Crippen molar-refractivity contribution in [3.05, 3.63) is 129 Å². The number of carboxylic acids is 1. The Labute approximate surface area is 342 Å². The summed E-state index contributed by atoms with van der Waals surface area (Å²) in [5.74, 6) is 1.98. The zero-order valence-electron chi connectivity index (χ0n) is 32.1. The number of aromatic amines is 1. The van der Waals surface area contributed by atoms with Gasteiger partial charge in [0.25, 0.3) is 0 Å². The molecule has 0 amide bonds. The molecule has 7 aromatic rings. The Morgan fingerprint density at radius 2 is 1.14 bits per heavy atom. The molecule has 0 spiro atoms. The van der Waals surface area contributed by atoms with Crippen molar-refractivity contribution in [3.8, 4) is 40.8 Å². The van der Waals surface area contributed by atoms with E-state index in [9.17, 15) is 14.0 Å². The van der Waals surface area contributed by atoms with Gasteiger partial charge in [0, 0.05) is 34.4 Å². The van der Waals surface area contributed by atoms with Gasteiger partial charge in [-0.1, -0.05) is 23.2 Å². The van der Waals surface area contributed by atoms with Gasteiger partial charge in [0.2, 0.25) is 23.3 Å². The Kier molecular flexibility index (Phi) is 15.8. The van der Waals surface area contributed by atoms with E-state index in [4.69, 9.17) is 62.0 Å². The Bertz CT molecular complexity index is 2550. The van der Waals surface area contributed by atoms with Crippen LogP contribution in [0.4, 0.5) is 4.39 Å². The van der Waals surface area contributed by atoms with Gasteiger partial charge in [-0.2, -0.15) is 14.6 Å². The van der Waals surface area contributed by atoms with E-state index >= 15 is 0 Å². The van der Waals surface area contributed by atoms with Crippen LogP contribution in [0.15, 0.2) is 95.8 Å². The number of carboxylic acid groups (broad SMARTS) is 1. The smallest absolute Gasteiger partial charge is 0.307 e. The first-order chi connectivity index (χ1) is 27.9. The fourth-order valence-electron chi connectivity index (χ4n) is 5.26. The monoisotopic (exact) mass is 830 g/mol. The molecule has 0 aliphatic carbocycles. The van der Waals surface area contributed by atoms with Gasteiger partial charge in [0.1, 0.15) is 33.3 Å². The Balaban J connectivity index is 0.000000171. The molecule has 0 aliphatic heterocycles. The third-order valence-electron chi connectivity index (χ3n) is 8.14. The summed E-state index contributed by atoms with van der Waals surface area (Å²) in [5, 5.41) is 22.7. The van der Waals surface area contributed by atoms with Crippen LogP contribution in [-0.4, -0.2) is 68.7 Å². The third kappa shape index (κ3) is 11.6. The molecule has 0 saturated carbocycles. The van der Waals surface area contributed by atoms with Crippen LogP contribution >= 0.6 is 23.2 Å². The molecule has 300 valence electrons. The maximum absolute atomic E-state index is 13.4. The minimum absolute atomic E-state index is 0.167. The van der Waals surface area contributed by atoms with E-state index in [0.717, 1.165) is 27.3 Å². The Hall–Kier alpha value is -6.82. The summed E-state index contributed by atoms with van der Waals surface area (Å²) in [6.45, 7) is 0. The van der Waals surface area contributed by atoms with Gasteiger partial charge in [-0.15, -0.1) is 0 Å². The number of benzene rings is 4. The number of halogens is 3. The number of nitrogens with zero attached hydrogens (tertiary/aromatic N) is 3. The van der Waals surface area contributed by atoms with E-state index in [1.165, 1.54) is 20.3 Å². The normalized spacial score (nSPS) is 10.1. The van der Waals surface area contributed by atoms with E-state index in [1.807, 2.05) is 36.4 Å². The molecule has 3 heterocycles. The summed E-state index contributed by atoms with van der Waals surface area (Å²) < 4.78 is 43.5. The second kappa shape index (κ2) is 20.9. The minimum atomic E-state index is -0.963. The number of hydrogen-bond donors (Lipinski definition) is 2. The molecule has 0 saturated heterocycles. The highest BCUT2D eigenvalue weighted by molar-refractivity contribution is 6.34. The lowest BCUT2D eigenvalue weighted by atomic mass is 10.1. The van der Waals surface area contributed by atoms with Gasteiger partial charge in [-0.25, -0.2) is 4.98 Å². The molecule has 0 bridgehead atoms. The number of nitrogens with one attached hydrogen (secondary N) is 1. The standard InChI is InChI=1S/C11H10ClNO2.C11H10FNO2.C10H8ClNO2.C10H9NO3/c2*1-14-8-3-4-9-7(5-8)6-10(15-2)13-11(9)12;1-14-7-2-3-8-6(4-7)5-9(13)12-10(8)11;1-14-9-3-2-7(6-11)8(4-9)5-10(12)13/h2*3-6H,1-2H3;2-5H,1H3,(H,12,13);2-4H,5H2,1H3,(H,12,13). The maximum Gasteiger partial charge on any atom is 0.307 e. The van der Waals surface area contributed by atoms with Gasteiger partial charge in [0.15, 0.2) is 0 Å². The molecule has 0 aliphatic rings. The predicted octanol–water partition coefficient (Wildman–Crippen LogP) is 8.68. The maximum atomic E-state index is 13.4. The zero-order valence-corrected chi connectivity index (χ0v) is 33.6. The number of methoxy groups -OCH3 is 6. The summed E-state index contributed by atoms with van der Waals surface area (Å²) in [7, 11) is 9.28. The predicted molar refractivity (Wildman–Crippen MR) is 220 cm³/mol. The highest BCUT2D eigenvalue weighted by Crippen LogP contribution is 2.29. The number of aromatic nitrogens is 3. The second-order valence-electron chi connectivity index (χ2n) is 11.7. The molecule has 0 fully saturated rings. The van der Waals surface area contributed by atoms with Crippen molar-refractivity contribution in [1.82, 2.24) is 15.0 Å². The molecular formula is C42H37Cl2FN4O9. The van der Waals surface area contributed by atoms with Crippen molar-refractivity contribution in [3.63, 3.8) is 0 Å². The van der Waals surface area contributed by atoms with Crippen molar-refractivity contribution in [1.29, 1.82) is 5.26 Å². The van der Waals surface area contributed by atoms with Crippen LogP contribution in [0, 0.1) is 17.3 Å². The lowest BCUT2D eigenvalue weighted by Gasteiger charge is -2.05. The molecule has 58 heavy (non-hydrogen) atoms. The first-order valence-corrected chi connectivity index (χ1v) is 17.6. The molecule has 2 N–H and O–H groups in total. The Morgan fingerprint density at radius 3 is 1.66 bits per heavy atom. The lowest BCUT2D eigenvalue weighted by Crippen LogP contribution is -2.03. The summed E-state index contributed by atoms with van der Waals surface area (Å²) >= 11 is 11.9. The molecular weight excluding hydrogens is 794 g/mol. The number of aliphatic carboxylic acids is 1. The molecule has 4 aromatic carbocycles. The van der Waals surface area contributed by atoms with Crippen LogP contribution < -0.4 is 34.0 Å². The first-order valence-electron chi connectivity index (χ1n) is 16.9. The quantitative estimate of drug-likeness (QED) is 0.140. The summed E-state index contributed by atoms with van der Waals surface area (Å²) in [4.78, 5) is 31.9. The van der Waals surface area contributed by atoms with Gasteiger partial charge >= 0.3 is 5.97 Å². The van der Waals surface area contributed by atoms with E-state index in [1.54, 1.807) is 83.0 Å². The van der Waals surface area contributed by atoms with E-state index < -0.39 is 11.9 Å². The average Bonchev–Trinajstić information content (AvgIpc) is 3.23. The van der Waals surface area contributed by atoms with Crippen molar-refractivity contribution in [2.45, 2.75) is 6.42 Å². The van der Waals surface area contributed by atoms with Crippen molar-refractivity contribution >= 4 is 61.5 Å². The highest BCUT2D eigenvalue weighted by atomic mass is 35.5. The second-order valence-corrected chi connectivity index (χ2v) is 12.4. The van der Waals surface area contributed by atoms with Crippen LogP contribution in [0.1, 0.15) is 11.1 Å². The number of H-pyrrole nitrogens is 1. The molecule has 0 unspecified atom stereocenters. The van der Waals surface area contributed by atoms with Crippen LogP contribution in [-0.2, 0) is 11.2 Å². The van der Waals surface area contributed by atoms with Gasteiger partial charge in [0.05, 0.1) is 60.7 Å². The van der Waals surface area contributed by atoms with Gasteiger partial charge in [-0.05, 0) is 94.5 Å². The van der Waals surface area contributed by atoms with Crippen LogP contribution in [0.25, 0.3) is 32.3 Å². The summed E-state index contributed by atoms with van der Waals surface area (Å²) in [5.41, 5.74) is 0.628. The topological polar surface area (TPSA) is 175 Å². The third-order valence-corrected chi connectivity index (χ3v) is 8.73. The highest BCUT2D eigenvalue weighted by Gasteiger charge is 2.09. The van der Waals surface area contributed by atoms with E-state index in [-0.39, 0.29) is 17.9 Å². The van der Waals surface area contributed by atoms with Crippen molar-refractivity contribution < 1.29 is 42.7 Å². The largest absolute Gasteiger partial charge is 0.497 e. The molecule has 3 aromatic heterocycles. The SMILES string of the molecule is COc1ccc(C#N)c(CC(=O)O)c1.COc1ccc2c(Cl)[nH]c(=O)cc2c1.COc1ccc2c(Cl)nc(OC)cc2c1.COc1ccc2c(F)nc(OC)cc2c1. The first kappa shape index (κ1) is 43.9. The molecule has 7 rings (SSSR count).